The first kappa shape index (κ1) is 7.41. The minimum Gasteiger partial charge on any atom is -0.376 e. The standard InChI is InChI=1S/C7H8FNS/c8-6-1-3-7(4-2-6)9-5-10/h1-3,5,7H,4H2,(H,9,10). The van der Waals surface area contributed by atoms with Gasteiger partial charge in [0.15, 0.2) is 0 Å². The Morgan fingerprint density at radius 1 is 1.80 bits per heavy atom. The molecule has 0 bridgehead atoms. The highest BCUT2D eigenvalue weighted by molar-refractivity contribution is 7.78. The van der Waals surface area contributed by atoms with Gasteiger partial charge in [-0.2, -0.15) is 0 Å². The van der Waals surface area contributed by atoms with Crippen molar-refractivity contribution < 1.29 is 4.39 Å². The number of hydrogen-bond donors (Lipinski definition) is 1. The molecule has 1 nitrogen and oxygen atoms in total. The SMILES string of the molecule is FC1=CCC(NC=S)C=C1. The van der Waals surface area contributed by atoms with Gasteiger partial charge in [0.1, 0.15) is 5.83 Å². The van der Waals surface area contributed by atoms with Gasteiger partial charge in [0.2, 0.25) is 0 Å². The number of nitrogens with one attached hydrogen (secondary N) is 1. The van der Waals surface area contributed by atoms with Crippen LogP contribution in [0.4, 0.5) is 4.39 Å². The fourth-order valence-electron chi connectivity index (χ4n) is 0.805. The maximum absolute atomic E-state index is 12.3. The molecule has 1 rings (SSSR count). The summed E-state index contributed by atoms with van der Waals surface area (Å²) < 4.78 is 12.3. The summed E-state index contributed by atoms with van der Waals surface area (Å²) in [6.07, 6.45) is 5.42. The molecule has 0 heterocycles. The molecule has 3 heteroatoms. The molecular formula is C7H8FNS. The van der Waals surface area contributed by atoms with Gasteiger partial charge in [0.05, 0.1) is 5.49 Å². The molecule has 0 aromatic rings. The van der Waals surface area contributed by atoms with Crippen LogP contribution in [0.25, 0.3) is 0 Å². The summed E-state index contributed by atoms with van der Waals surface area (Å²) in [5, 5.41) is 2.90. The number of thiocarbonyl (C=S) groups is 1. The first-order valence-electron chi connectivity index (χ1n) is 3.06. The Morgan fingerprint density at radius 2 is 2.60 bits per heavy atom. The van der Waals surface area contributed by atoms with Crippen LogP contribution in [0.1, 0.15) is 6.42 Å². The molecule has 0 saturated heterocycles. The van der Waals surface area contributed by atoms with Gasteiger partial charge < -0.3 is 5.32 Å². The second-order valence-electron chi connectivity index (χ2n) is 2.07. The second kappa shape index (κ2) is 3.46. The van der Waals surface area contributed by atoms with Crippen LogP contribution in [0.2, 0.25) is 0 Å². The van der Waals surface area contributed by atoms with Crippen molar-refractivity contribution in [2.45, 2.75) is 12.5 Å². The predicted molar refractivity (Wildman–Crippen MR) is 43.5 cm³/mol. The zero-order valence-electron chi connectivity index (χ0n) is 5.38. The lowest BCUT2D eigenvalue weighted by molar-refractivity contribution is 0.632. The van der Waals surface area contributed by atoms with Crippen LogP contribution < -0.4 is 5.32 Å². The Kier molecular flexibility index (Phi) is 2.57. The quantitative estimate of drug-likeness (QED) is 0.612. The lowest BCUT2D eigenvalue weighted by atomic mass is 10.1. The minimum atomic E-state index is -0.164. The number of allylic oxidation sites excluding steroid dienone is 2. The van der Waals surface area contributed by atoms with Gasteiger partial charge in [-0.15, -0.1) is 0 Å². The summed E-state index contributed by atoms with van der Waals surface area (Å²) in [4.78, 5) is 0. The van der Waals surface area contributed by atoms with Crippen LogP contribution in [-0.2, 0) is 0 Å². The van der Waals surface area contributed by atoms with Gasteiger partial charge in [-0.05, 0) is 18.6 Å². The third-order valence-electron chi connectivity index (χ3n) is 1.34. The first-order valence-corrected chi connectivity index (χ1v) is 3.53. The van der Waals surface area contributed by atoms with Gasteiger partial charge in [-0.1, -0.05) is 18.3 Å². The lowest BCUT2D eigenvalue weighted by Gasteiger charge is -2.12. The van der Waals surface area contributed by atoms with E-state index in [0.717, 1.165) is 0 Å². The molecule has 1 N–H and O–H groups in total. The highest BCUT2D eigenvalue weighted by atomic mass is 32.1. The molecule has 0 aromatic heterocycles. The van der Waals surface area contributed by atoms with Crippen molar-refractivity contribution in [1.29, 1.82) is 0 Å². The third kappa shape index (κ3) is 1.92. The molecule has 1 aliphatic carbocycles. The molecule has 0 fully saturated rings. The predicted octanol–water partition coefficient (Wildman–Crippen LogP) is 1.72. The summed E-state index contributed by atoms with van der Waals surface area (Å²) in [7, 11) is 0. The molecule has 0 aliphatic heterocycles. The summed E-state index contributed by atoms with van der Waals surface area (Å²) in [6, 6.07) is 0.178. The van der Waals surface area contributed by atoms with Crippen LogP contribution in [-0.4, -0.2) is 11.5 Å². The van der Waals surface area contributed by atoms with Gasteiger partial charge >= 0.3 is 0 Å². The summed E-state index contributed by atoms with van der Waals surface area (Å²) in [5.41, 5.74) is 1.45. The molecule has 0 radical (unpaired) electrons. The summed E-state index contributed by atoms with van der Waals surface area (Å²) in [6.45, 7) is 0. The topological polar surface area (TPSA) is 12.0 Å². The van der Waals surface area contributed by atoms with Crippen LogP contribution in [0.15, 0.2) is 24.1 Å². The van der Waals surface area contributed by atoms with E-state index in [1.807, 2.05) is 0 Å². The molecule has 0 amide bonds. The first-order chi connectivity index (χ1) is 4.83. The highest BCUT2D eigenvalue weighted by Crippen LogP contribution is 2.10. The maximum Gasteiger partial charge on any atom is 0.119 e. The van der Waals surface area contributed by atoms with Gasteiger partial charge in [-0.25, -0.2) is 4.39 Å². The third-order valence-corrected chi connectivity index (χ3v) is 1.47. The van der Waals surface area contributed by atoms with E-state index in [4.69, 9.17) is 0 Å². The Hall–Kier alpha value is -0.700. The minimum absolute atomic E-state index is 0.164. The van der Waals surface area contributed by atoms with E-state index in [2.05, 4.69) is 17.5 Å². The zero-order valence-corrected chi connectivity index (χ0v) is 6.20. The van der Waals surface area contributed by atoms with Crippen molar-refractivity contribution >= 4 is 17.7 Å². The Morgan fingerprint density at radius 3 is 3.10 bits per heavy atom. The van der Waals surface area contributed by atoms with Crippen molar-refractivity contribution in [3.8, 4) is 0 Å². The summed E-state index contributed by atoms with van der Waals surface area (Å²) >= 11 is 4.58. The van der Waals surface area contributed by atoms with E-state index < -0.39 is 0 Å². The lowest BCUT2D eigenvalue weighted by Crippen LogP contribution is -2.25. The normalized spacial score (nSPS) is 23.7. The van der Waals surface area contributed by atoms with Crippen molar-refractivity contribution in [2.75, 3.05) is 0 Å². The molecular weight excluding hydrogens is 149 g/mol. The molecule has 54 valence electrons. The van der Waals surface area contributed by atoms with E-state index in [9.17, 15) is 4.39 Å². The number of hydrogen-bond acceptors (Lipinski definition) is 1. The van der Waals surface area contributed by atoms with E-state index in [0.29, 0.717) is 6.42 Å². The maximum atomic E-state index is 12.3. The smallest absolute Gasteiger partial charge is 0.119 e. The van der Waals surface area contributed by atoms with Crippen molar-refractivity contribution in [3.63, 3.8) is 0 Å². The van der Waals surface area contributed by atoms with E-state index in [1.54, 1.807) is 6.08 Å². The van der Waals surface area contributed by atoms with Crippen LogP contribution in [0.5, 0.6) is 0 Å². The number of rotatable bonds is 2. The fourth-order valence-corrected chi connectivity index (χ4v) is 0.980. The molecule has 10 heavy (non-hydrogen) atoms. The van der Waals surface area contributed by atoms with Gasteiger partial charge in [-0.3, -0.25) is 0 Å². The van der Waals surface area contributed by atoms with Crippen molar-refractivity contribution in [3.05, 3.63) is 24.1 Å². The molecule has 0 saturated carbocycles. The fraction of sp³-hybridized carbons (Fsp3) is 0.286. The summed E-state index contributed by atoms with van der Waals surface area (Å²) in [5.74, 6) is -0.164. The van der Waals surface area contributed by atoms with E-state index >= 15 is 0 Å². The molecule has 1 atom stereocenters. The van der Waals surface area contributed by atoms with Crippen molar-refractivity contribution in [1.82, 2.24) is 5.32 Å². The molecule has 1 unspecified atom stereocenters. The average molecular weight is 157 g/mol. The number of halogens is 1. The monoisotopic (exact) mass is 157 g/mol. The van der Waals surface area contributed by atoms with Crippen LogP contribution in [0.3, 0.4) is 0 Å². The highest BCUT2D eigenvalue weighted by Gasteiger charge is 2.04. The van der Waals surface area contributed by atoms with Gasteiger partial charge in [0.25, 0.3) is 0 Å². The largest absolute Gasteiger partial charge is 0.376 e. The van der Waals surface area contributed by atoms with Crippen LogP contribution >= 0.6 is 12.2 Å². The van der Waals surface area contributed by atoms with E-state index in [1.165, 1.54) is 17.6 Å². The second-order valence-corrected chi connectivity index (χ2v) is 2.31. The van der Waals surface area contributed by atoms with Crippen molar-refractivity contribution in [2.24, 2.45) is 0 Å². The Bertz CT molecular complexity index is 186. The van der Waals surface area contributed by atoms with Gasteiger partial charge in [0, 0.05) is 6.04 Å². The Labute approximate surface area is 64.6 Å². The zero-order chi connectivity index (χ0) is 7.40. The average Bonchev–Trinajstić information content (AvgIpc) is 1.95. The Balaban J connectivity index is 2.44. The molecule has 0 aromatic carbocycles. The van der Waals surface area contributed by atoms with Crippen LogP contribution in [0, 0.1) is 0 Å². The molecule has 1 aliphatic rings. The van der Waals surface area contributed by atoms with E-state index in [-0.39, 0.29) is 11.9 Å². The molecule has 0 spiro atoms.